The average molecular weight is 353 g/mol. The van der Waals surface area contributed by atoms with Crippen LogP contribution in [-0.2, 0) is 0 Å². The molecule has 0 saturated heterocycles. The lowest BCUT2D eigenvalue weighted by molar-refractivity contribution is -0.384. The number of halogens is 1. The van der Waals surface area contributed by atoms with Crippen LogP contribution in [0.3, 0.4) is 0 Å². The highest BCUT2D eigenvalue weighted by molar-refractivity contribution is 9.10. The summed E-state index contributed by atoms with van der Waals surface area (Å²) < 4.78 is 6.03. The molecule has 110 valence electrons. The minimum Gasteiger partial charge on any atom is -0.492 e. The van der Waals surface area contributed by atoms with Crippen molar-refractivity contribution in [3.05, 3.63) is 51.2 Å². The number of benzene rings is 1. The van der Waals surface area contributed by atoms with Crippen LogP contribution in [-0.4, -0.2) is 23.1 Å². The molecule has 1 aromatic carbocycles. The molecule has 21 heavy (non-hydrogen) atoms. The van der Waals surface area contributed by atoms with Gasteiger partial charge in [0.15, 0.2) is 0 Å². The van der Waals surface area contributed by atoms with Gasteiger partial charge in [0.1, 0.15) is 24.2 Å². The zero-order chi connectivity index (χ0) is 15.2. The van der Waals surface area contributed by atoms with E-state index < -0.39 is 4.92 Å². The van der Waals surface area contributed by atoms with E-state index in [1.165, 1.54) is 12.4 Å². The van der Waals surface area contributed by atoms with E-state index in [-0.39, 0.29) is 5.69 Å². The highest BCUT2D eigenvalue weighted by Crippen LogP contribution is 2.30. The summed E-state index contributed by atoms with van der Waals surface area (Å²) in [6.07, 6.45) is 2.69. The minimum atomic E-state index is -0.487. The average Bonchev–Trinajstić information content (AvgIpc) is 2.44. The number of nitrogens with two attached hydrogens (primary N) is 1. The van der Waals surface area contributed by atoms with Gasteiger partial charge in [0.2, 0.25) is 0 Å². The Morgan fingerprint density at radius 3 is 2.95 bits per heavy atom. The monoisotopic (exact) mass is 352 g/mol. The summed E-state index contributed by atoms with van der Waals surface area (Å²) in [5.41, 5.74) is 6.55. The predicted octanol–water partition coefficient (Wildman–Crippen LogP) is 2.83. The van der Waals surface area contributed by atoms with Crippen molar-refractivity contribution in [2.45, 2.75) is 0 Å². The van der Waals surface area contributed by atoms with Crippen molar-refractivity contribution in [3.63, 3.8) is 0 Å². The van der Waals surface area contributed by atoms with Crippen molar-refractivity contribution < 1.29 is 9.66 Å². The van der Waals surface area contributed by atoms with Gasteiger partial charge in [-0.05, 0) is 28.1 Å². The van der Waals surface area contributed by atoms with E-state index in [4.69, 9.17) is 10.5 Å². The molecule has 7 nitrogen and oxygen atoms in total. The number of anilines is 2. The molecule has 0 amide bonds. The molecule has 8 heteroatoms. The molecule has 0 fully saturated rings. The molecule has 2 rings (SSSR count). The van der Waals surface area contributed by atoms with Crippen LogP contribution in [0.1, 0.15) is 0 Å². The maximum Gasteiger partial charge on any atom is 0.311 e. The Morgan fingerprint density at radius 2 is 2.24 bits per heavy atom. The highest BCUT2D eigenvalue weighted by atomic mass is 79.9. The summed E-state index contributed by atoms with van der Waals surface area (Å²) in [5, 5.41) is 13.9. The zero-order valence-corrected chi connectivity index (χ0v) is 12.5. The molecule has 0 unspecified atom stereocenters. The van der Waals surface area contributed by atoms with E-state index in [0.29, 0.717) is 34.7 Å². The summed E-state index contributed by atoms with van der Waals surface area (Å²) in [7, 11) is 0. The molecule has 2 aromatic rings. The Kier molecular flexibility index (Phi) is 4.94. The Bertz CT molecular complexity index is 651. The molecule has 0 saturated carbocycles. The zero-order valence-electron chi connectivity index (χ0n) is 11.0. The highest BCUT2D eigenvalue weighted by Gasteiger charge is 2.16. The van der Waals surface area contributed by atoms with Gasteiger partial charge in [-0.15, -0.1) is 0 Å². The van der Waals surface area contributed by atoms with E-state index in [9.17, 15) is 10.1 Å². The van der Waals surface area contributed by atoms with Gasteiger partial charge in [0.25, 0.3) is 0 Å². The van der Waals surface area contributed by atoms with Crippen molar-refractivity contribution in [2.75, 3.05) is 24.2 Å². The number of hydrogen-bond acceptors (Lipinski definition) is 6. The van der Waals surface area contributed by atoms with E-state index in [2.05, 4.69) is 26.2 Å². The number of ether oxygens (including phenoxy) is 1. The van der Waals surface area contributed by atoms with Gasteiger partial charge in [0.05, 0.1) is 9.40 Å². The summed E-state index contributed by atoms with van der Waals surface area (Å²) in [5.74, 6) is 0.653. The van der Waals surface area contributed by atoms with Crippen molar-refractivity contribution in [3.8, 4) is 5.75 Å². The number of aromatic nitrogens is 1. The normalized spacial score (nSPS) is 10.1. The van der Waals surface area contributed by atoms with Gasteiger partial charge in [-0.2, -0.15) is 0 Å². The molecule has 0 aliphatic rings. The third-order valence-electron chi connectivity index (χ3n) is 2.61. The van der Waals surface area contributed by atoms with Crippen molar-refractivity contribution in [1.82, 2.24) is 4.98 Å². The topological polar surface area (TPSA) is 103 Å². The molecule has 0 atom stereocenters. The molecule has 0 aliphatic heterocycles. The Morgan fingerprint density at radius 1 is 1.43 bits per heavy atom. The number of nitrogens with zero attached hydrogens (tertiary/aromatic N) is 2. The molecule has 1 aromatic heterocycles. The maximum atomic E-state index is 10.9. The lowest BCUT2D eigenvalue weighted by Gasteiger charge is -2.10. The van der Waals surface area contributed by atoms with E-state index in [1.54, 1.807) is 24.3 Å². The third kappa shape index (κ3) is 4.06. The lowest BCUT2D eigenvalue weighted by atomic mass is 10.3. The first-order valence-corrected chi connectivity index (χ1v) is 6.87. The predicted molar refractivity (Wildman–Crippen MR) is 83.4 cm³/mol. The quantitative estimate of drug-likeness (QED) is 0.358. The number of nitro groups is 1. The molecule has 0 bridgehead atoms. The van der Waals surface area contributed by atoms with Gasteiger partial charge in [-0.1, -0.05) is 6.07 Å². The Labute approximate surface area is 129 Å². The van der Waals surface area contributed by atoms with Crippen LogP contribution < -0.4 is 15.8 Å². The summed E-state index contributed by atoms with van der Waals surface area (Å²) in [6, 6.07) is 7.07. The van der Waals surface area contributed by atoms with Crippen LogP contribution in [0.4, 0.5) is 17.1 Å². The van der Waals surface area contributed by atoms with Crippen LogP contribution in [0.5, 0.6) is 5.75 Å². The second-order valence-electron chi connectivity index (χ2n) is 4.12. The smallest absolute Gasteiger partial charge is 0.311 e. The second-order valence-corrected chi connectivity index (χ2v) is 4.97. The number of pyridine rings is 1. The fraction of sp³-hybridized carbons (Fsp3) is 0.154. The molecule has 0 spiro atoms. The standard InChI is InChI=1S/C13H13BrN4O3/c14-11-7-16-8-12(18(19)20)13(11)17-4-5-21-10-3-1-2-9(15)6-10/h1-3,6-8H,4-5,15H2,(H,16,17). The van der Waals surface area contributed by atoms with Crippen molar-refractivity contribution in [2.24, 2.45) is 0 Å². The molecule has 0 radical (unpaired) electrons. The van der Waals surface area contributed by atoms with Gasteiger partial charge in [-0.3, -0.25) is 15.1 Å². The first-order chi connectivity index (χ1) is 10.1. The van der Waals surface area contributed by atoms with E-state index >= 15 is 0 Å². The van der Waals surface area contributed by atoms with Gasteiger partial charge in [0, 0.05) is 24.5 Å². The van der Waals surface area contributed by atoms with Gasteiger partial charge >= 0.3 is 5.69 Å². The first kappa shape index (κ1) is 15.0. The fourth-order valence-electron chi connectivity index (χ4n) is 1.69. The van der Waals surface area contributed by atoms with E-state index in [0.717, 1.165) is 0 Å². The first-order valence-electron chi connectivity index (χ1n) is 6.08. The van der Waals surface area contributed by atoms with Gasteiger partial charge in [-0.25, -0.2) is 0 Å². The molecule has 1 heterocycles. The van der Waals surface area contributed by atoms with Crippen LogP contribution in [0, 0.1) is 10.1 Å². The SMILES string of the molecule is Nc1cccc(OCCNc2c(Br)cncc2[N+](=O)[O-])c1. The molecule has 0 aliphatic carbocycles. The van der Waals surface area contributed by atoms with Crippen LogP contribution in [0.25, 0.3) is 0 Å². The minimum absolute atomic E-state index is 0.0895. The van der Waals surface area contributed by atoms with Gasteiger partial charge < -0.3 is 15.8 Å². The van der Waals surface area contributed by atoms with E-state index in [1.807, 2.05) is 0 Å². The maximum absolute atomic E-state index is 10.9. The number of nitrogens with one attached hydrogen (secondary N) is 1. The van der Waals surface area contributed by atoms with Crippen LogP contribution in [0.15, 0.2) is 41.1 Å². The summed E-state index contributed by atoms with van der Waals surface area (Å²) >= 11 is 3.24. The second kappa shape index (κ2) is 6.89. The third-order valence-corrected chi connectivity index (χ3v) is 3.21. The number of nitrogen functional groups attached to an aromatic ring is 1. The largest absolute Gasteiger partial charge is 0.492 e. The molecule has 3 N–H and O–H groups in total. The molecular weight excluding hydrogens is 340 g/mol. The van der Waals surface area contributed by atoms with Crippen LogP contribution in [0.2, 0.25) is 0 Å². The van der Waals surface area contributed by atoms with Crippen molar-refractivity contribution in [1.29, 1.82) is 0 Å². The van der Waals surface area contributed by atoms with Crippen molar-refractivity contribution >= 4 is 33.0 Å². The molecular formula is C13H13BrN4O3. The number of hydrogen-bond donors (Lipinski definition) is 2. The Hall–Kier alpha value is -2.35. The summed E-state index contributed by atoms with van der Waals surface area (Å²) in [6.45, 7) is 0.744. The lowest BCUT2D eigenvalue weighted by Crippen LogP contribution is -2.13. The fourth-order valence-corrected chi connectivity index (χ4v) is 2.15. The Balaban J connectivity index is 1.93. The summed E-state index contributed by atoms with van der Waals surface area (Å²) in [4.78, 5) is 14.2. The van der Waals surface area contributed by atoms with Crippen LogP contribution >= 0.6 is 15.9 Å². The number of rotatable bonds is 6.